The van der Waals surface area contributed by atoms with Crippen molar-refractivity contribution in [1.82, 2.24) is 15.4 Å². The van der Waals surface area contributed by atoms with Crippen molar-refractivity contribution in [3.05, 3.63) is 29.3 Å². The van der Waals surface area contributed by atoms with Crippen molar-refractivity contribution in [3.8, 4) is 0 Å². The number of hydrogen-bond donors (Lipinski definition) is 3. The molecular weight excluding hydrogens is 394 g/mol. The lowest BCUT2D eigenvalue weighted by Gasteiger charge is -2.20. The molecule has 0 heterocycles. The molecule has 0 radical (unpaired) electrons. The van der Waals surface area contributed by atoms with E-state index < -0.39 is 10.0 Å². The van der Waals surface area contributed by atoms with E-state index in [1.165, 1.54) is 25.7 Å². The third-order valence-corrected chi connectivity index (χ3v) is 6.51. The highest BCUT2D eigenvalue weighted by Crippen LogP contribution is 2.23. The summed E-state index contributed by atoms with van der Waals surface area (Å²) in [5.41, 5.74) is 0.961. The Kier molecular flexibility index (Phi) is 9.06. The Hall–Kier alpha value is -1.97. The summed E-state index contributed by atoms with van der Waals surface area (Å²) in [6.45, 7) is 2.77. The number of carbonyl (C=O) groups is 2. The second-order valence-electron chi connectivity index (χ2n) is 7.25. The third kappa shape index (κ3) is 7.09. The van der Waals surface area contributed by atoms with Crippen molar-refractivity contribution < 1.29 is 22.7 Å². The maximum Gasteiger partial charge on any atom is 0.251 e. The molecule has 1 aliphatic rings. The SMILES string of the molecule is COCCNS(=O)(=O)c1ccc(C)c(C(=O)NCCNC(=O)C2CCCCC2)c1. The number of carbonyl (C=O) groups excluding carboxylic acids is 2. The maximum absolute atomic E-state index is 12.5. The van der Waals surface area contributed by atoms with E-state index in [-0.39, 0.29) is 42.3 Å². The number of hydrogen-bond acceptors (Lipinski definition) is 5. The first-order chi connectivity index (χ1) is 13.8. The zero-order valence-electron chi connectivity index (χ0n) is 17.1. The molecule has 3 N–H and O–H groups in total. The number of rotatable bonds is 10. The molecule has 0 aromatic heterocycles. The summed E-state index contributed by atoms with van der Waals surface area (Å²) >= 11 is 0. The van der Waals surface area contributed by atoms with Gasteiger partial charge in [-0.2, -0.15) is 0 Å². The number of ether oxygens (including phenoxy) is 1. The quantitative estimate of drug-likeness (QED) is 0.490. The van der Waals surface area contributed by atoms with Gasteiger partial charge in [0.25, 0.3) is 5.91 Å². The Morgan fingerprint density at radius 1 is 1.07 bits per heavy atom. The Labute approximate surface area is 172 Å². The summed E-state index contributed by atoms with van der Waals surface area (Å²) in [4.78, 5) is 24.6. The molecule has 1 saturated carbocycles. The summed E-state index contributed by atoms with van der Waals surface area (Å²) in [5.74, 6) is -0.247. The van der Waals surface area contributed by atoms with Crippen LogP contribution in [-0.4, -0.2) is 53.6 Å². The van der Waals surface area contributed by atoms with Gasteiger partial charge in [0.2, 0.25) is 15.9 Å². The normalized spacial score (nSPS) is 15.1. The van der Waals surface area contributed by atoms with E-state index in [9.17, 15) is 18.0 Å². The van der Waals surface area contributed by atoms with Gasteiger partial charge in [-0.15, -0.1) is 0 Å². The van der Waals surface area contributed by atoms with E-state index in [2.05, 4.69) is 15.4 Å². The first-order valence-corrected chi connectivity index (χ1v) is 11.5. The molecule has 9 heteroatoms. The first kappa shape index (κ1) is 23.3. The smallest absolute Gasteiger partial charge is 0.251 e. The Morgan fingerprint density at radius 2 is 1.76 bits per heavy atom. The average molecular weight is 426 g/mol. The van der Waals surface area contributed by atoms with Crippen LogP contribution in [0.3, 0.4) is 0 Å². The van der Waals surface area contributed by atoms with Crippen molar-refractivity contribution in [2.24, 2.45) is 5.92 Å². The van der Waals surface area contributed by atoms with Crippen molar-refractivity contribution in [2.75, 3.05) is 33.4 Å². The molecule has 0 saturated heterocycles. The van der Waals surface area contributed by atoms with E-state index in [4.69, 9.17) is 4.74 Å². The predicted octanol–water partition coefficient (Wildman–Crippen LogP) is 1.35. The second-order valence-corrected chi connectivity index (χ2v) is 9.02. The van der Waals surface area contributed by atoms with Crippen LogP contribution in [0.2, 0.25) is 0 Å². The highest BCUT2D eigenvalue weighted by atomic mass is 32.2. The fraction of sp³-hybridized carbons (Fsp3) is 0.600. The fourth-order valence-electron chi connectivity index (χ4n) is 3.34. The summed E-state index contributed by atoms with van der Waals surface area (Å²) in [7, 11) is -2.23. The van der Waals surface area contributed by atoms with Crippen molar-refractivity contribution in [3.63, 3.8) is 0 Å². The molecule has 8 nitrogen and oxygen atoms in total. The van der Waals surface area contributed by atoms with E-state index >= 15 is 0 Å². The molecule has 1 aliphatic carbocycles. The van der Waals surface area contributed by atoms with Gasteiger partial charge >= 0.3 is 0 Å². The lowest BCUT2D eigenvalue weighted by molar-refractivity contribution is -0.125. The van der Waals surface area contributed by atoms with Crippen LogP contribution in [0, 0.1) is 12.8 Å². The van der Waals surface area contributed by atoms with Crippen molar-refractivity contribution in [1.29, 1.82) is 0 Å². The minimum atomic E-state index is -3.72. The van der Waals surface area contributed by atoms with Crippen LogP contribution in [0.4, 0.5) is 0 Å². The number of sulfonamides is 1. The van der Waals surface area contributed by atoms with Gasteiger partial charge in [-0.25, -0.2) is 13.1 Å². The largest absolute Gasteiger partial charge is 0.383 e. The molecule has 0 spiro atoms. The number of amides is 2. The number of nitrogens with one attached hydrogen (secondary N) is 3. The van der Waals surface area contributed by atoms with Crippen molar-refractivity contribution >= 4 is 21.8 Å². The highest BCUT2D eigenvalue weighted by Gasteiger charge is 2.21. The Bertz CT molecular complexity index is 804. The third-order valence-electron chi connectivity index (χ3n) is 5.05. The van der Waals surface area contributed by atoms with Crippen LogP contribution < -0.4 is 15.4 Å². The minimum absolute atomic E-state index is 0.0231. The van der Waals surface area contributed by atoms with Gasteiger partial charge in [0.15, 0.2) is 0 Å². The van der Waals surface area contributed by atoms with E-state index in [0.717, 1.165) is 25.7 Å². The number of benzene rings is 1. The first-order valence-electron chi connectivity index (χ1n) is 10.0. The molecule has 1 fully saturated rings. The lowest BCUT2D eigenvalue weighted by atomic mass is 9.89. The van der Waals surface area contributed by atoms with E-state index in [0.29, 0.717) is 17.7 Å². The maximum atomic E-state index is 12.5. The summed E-state index contributed by atoms with van der Waals surface area (Å²) in [5, 5.41) is 5.61. The zero-order valence-corrected chi connectivity index (χ0v) is 17.9. The predicted molar refractivity (Wildman–Crippen MR) is 110 cm³/mol. The van der Waals surface area contributed by atoms with Crippen LogP contribution in [0.1, 0.15) is 48.0 Å². The monoisotopic (exact) mass is 425 g/mol. The Balaban J connectivity index is 1.88. The molecule has 1 aromatic carbocycles. The molecule has 162 valence electrons. The van der Waals surface area contributed by atoms with Gasteiger partial charge in [0, 0.05) is 38.2 Å². The van der Waals surface area contributed by atoms with Gasteiger partial charge in [0.1, 0.15) is 0 Å². The molecular formula is C20H31N3O5S. The van der Waals surface area contributed by atoms with E-state index in [1.54, 1.807) is 13.0 Å². The molecule has 2 amide bonds. The topological polar surface area (TPSA) is 114 Å². The van der Waals surface area contributed by atoms with Gasteiger partial charge in [-0.3, -0.25) is 9.59 Å². The van der Waals surface area contributed by atoms with Gasteiger partial charge in [0.05, 0.1) is 11.5 Å². The zero-order chi connectivity index (χ0) is 21.3. The molecule has 2 rings (SSSR count). The molecule has 1 aromatic rings. The van der Waals surface area contributed by atoms with Crippen molar-refractivity contribution in [2.45, 2.75) is 43.9 Å². The molecule has 0 unspecified atom stereocenters. The average Bonchev–Trinajstić information content (AvgIpc) is 2.71. The van der Waals surface area contributed by atoms with Gasteiger partial charge < -0.3 is 15.4 Å². The Morgan fingerprint density at radius 3 is 2.45 bits per heavy atom. The van der Waals surface area contributed by atoms with Crippen LogP contribution >= 0.6 is 0 Å². The van der Waals surface area contributed by atoms with E-state index in [1.807, 2.05) is 0 Å². The van der Waals surface area contributed by atoms with Crippen LogP contribution in [0.15, 0.2) is 23.1 Å². The van der Waals surface area contributed by atoms with Crippen LogP contribution in [0.5, 0.6) is 0 Å². The molecule has 0 aliphatic heterocycles. The molecule has 0 bridgehead atoms. The standard InChI is InChI=1S/C20H31N3O5S/c1-15-8-9-17(29(26,27)23-12-13-28-2)14-18(15)20(25)22-11-10-21-19(24)16-6-4-3-5-7-16/h8-9,14,16,23H,3-7,10-13H2,1-2H3,(H,21,24)(H,22,25). The number of aryl methyl sites for hydroxylation is 1. The van der Waals surface area contributed by atoms with Gasteiger partial charge in [-0.1, -0.05) is 25.3 Å². The summed E-state index contributed by atoms with van der Waals surface area (Å²) in [6, 6.07) is 4.43. The molecule has 0 atom stereocenters. The second kappa shape index (κ2) is 11.3. The summed E-state index contributed by atoms with van der Waals surface area (Å²) < 4.78 is 31.9. The minimum Gasteiger partial charge on any atom is -0.383 e. The molecule has 29 heavy (non-hydrogen) atoms. The lowest BCUT2D eigenvalue weighted by Crippen LogP contribution is -2.38. The van der Waals surface area contributed by atoms with Gasteiger partial charge in [-0.05, 0) is 37.5 Å². The van der Waals surface area contributed by atoms with Crippen LogP contribution in [0.25, 0.3) is 0 Å². The fourth-order valence-corrected chi connectivity index (χ4v) is 4.38. The van der Waals surface area contributed by atoms with Crippen LogP contribution in [-0.2, 0) is 19.6 Å². The highest BCUT2D eigenvalue weighted by molar-refractivity contribution is 7.89. The summed E-state index contributed by atoms with van der Waals surface area (Å²) in [6.07, 6.45) is 5.23. The number of methoxy groups -OCH3 is 1.